The Morgan fingerprint density at radius 3 is 2.62 bits per heavy atom. The van der Waals surface area contributed by atoms with Crippen LogP contribution in [0.3, 0.4) is 0 Å². The third-order valence-electron chi connectivity index (χ3n) is 5.15. The van der Waals surface area contributed by atoms with E-state index in [0.717, 1.165) is 39.0 Å². The topological polar surface area (TPSA) is 87.9 Å². The molecule has 0 amide bonds. The molecule has 132 valence electrons. The lowest BCUT2D eigenvalue weighted by molar-refractivity contribution is -0.386. The first kappa shape index (κ1) is 17.1. The van der Waals surface area contributed by atoms with E-state index in [1.807, 2.05) is 0 Å². The van der Waals surface area contributed by atoms with Crippen LogP contribution in [0.15, 0.2) is 12.1 Å². The number of nitro benzene ring substituents is 1. The predicted molar refractivity (Wildman–Crippen MR) is 90.2 cm³/mol. The van der Waals surface area contributed by atoms with E-state index in [1.54, 1.807) is 13.0 Å². The SMILES string of the molecule is Cc1ccc([N+](=O)[O-])c([C@@H](C2CCOCC2)N2CCNCC2)c1O. The molecule has 1 aromatic carbocycles. The molecule has 0 unspecified atom stereocenters. The Morgan fingerprint density at radius 2 is 2.00 bits per heavy atom. The molecule has 1 atom stereocenters. The van der Waals surface area contributed by atoms with E-state index in [0.29, 0.717) is 24.3 Å². The van der Waals surface area contributed by atoms with Gasteiger partial charge in [-0.15, -0.1) is 0 Å². The van der Waals surface area contributed by atoms with Gasteiger partial charge in [-0.05, 0) is 37.3 Å². The number of rotatable bonds is 4. The van der Waals surface area contributed by atoms with Crippen molar-refractivity contribution in [1.29, 1.82) is 0 Å². The maximum atomic E-state index is 11.6. The quantitative estimate of drug-likeness (QED) is 0.646. The lowest BCUT2D eigenvalue weighted by Crippen LogP contribution is -2.47. The van der Waals surface area contributed by atoms with E-state index >= 15 is 0 Å². The molecule has 0 aromatic heterocycles. The van der Waals surface area contributed by atoms with Crippen molar-refractivity contribution in [2.45, 2.75) is 25.8 Å². The maximum absolute atomic E-state index is 11.6. The number of benzene rings is 1. The molecule has 2 aliphatic heterocycles. The van der Waals surface area contributed by atoms with Gasteiger partial charge in [0.05, 0.1) is 10.5 Å². The minimum absolute atomic E-state index is 0.0214. The summed E-state index contributed by atoms with van der Waals surface area (Å²) in [6.45, 7) is 6.52. The van der Waals surface area contributed by atoms with Gasteiger partial charge in [0.1, 0.15) is 5.75 Å². The van der Waals surface area contributed by atoms with Crippen molar-refractivity contribution in [3.63, 3.8) is 0 Å². The molecule has 0 bridgehead atoms. The molecule has 0 aliphatic carbocycles. The van der Waals surface area contributed by atoms with Crippen LogP contribution in [0.5, 0.6) is 5.75 Å². The largest absolute Gasteiger partial charge is 0.507 e. The van der Waals surface area contributed by atoms with E-state index in [4.69, 9.17) is 4.74 Å². The molecule has 2 fully saturated rings. The van der Waals surface area contributed by atoms with E-state index in [1.165, 1.54) is 6.07 Å². The van der Waals surface area contributed by atoms with Crippen LogP contribution in [-0.4, -0.2) is 54.3 Å². The number of nitrogens with one attached hydrogen (secondary N) is 1. The number of aryl methyl sites for hydroxylation is 1. The highest BCUT2D eigenvalue weighted by molar-refractivity contribution is 5.54. The number of nitro groups is 1. The standard InChI is InChI=1S/C17H25N3O4/c1-12-2-3-14(20(22)23)15(17(12)21)16(13-4-10-24-11-5-13)19-8-6-18-7-9-19/h2-3,13,16,18,21H,4-11H2,1H3/t16-/m1/s1. The molecule has 7 heteroatoms. The molecular weight excluding hydrogens is 310 g/mol. The van der Waals surface area contributed by atoms with Crippen LogP contribution in [0.25, 0.3) is 0 Å². The Balaban J connectivity index is 2.07. The average molecular weight is 335 g/mol. The zero-order valence-electron chi connectivity index (χ0n) is 14.0. The van der Waals surface area contributed by atoms with Gasteiger partial charge in [0.15, 0.2) is 0 Å². The molecule has 2 N–H and O–H groups in total. The van der Waals surface area contributed by atoms with Gasteiger partial charge in [0.25, 0.3) is 5.69 Å². The summed E-state index contributed by atoms with van der Waals surface area (Å²) in [6, 6.07) is 3.01. The van der Waals surface area contributed by atoms with Crippen molar-refractivity contribution < 1.29 is 14.8 Å². The van der Waals surface area contributed by atoms with Crippen LogP contribution in [0.2, 0.25) is 0 Å². The number of hydrogen-bond donors (Lipinski definition) is 2. The zero-order chi connectivity index (χ0) is 17.1. The molecule has 2 saturated heterocycles. The fraction of sp³-hybridized carbons (Fsp3) is 0.647. The summed E-state index contributed by atoms with van der Waals surface area (Å²) in [5.41, 5.74) is 1.18. The molecule has 0 radical (unpaired) electrons. The minimum atomic E-state index is -0.372. The van der Waals surface area contributed by atoms with Gasteiger partial charge < -0.3 is 15.2 Å². The summed E-state index contributed by atoms with van der Waals surface area (Å²) in [5, 5.41) is 25.6. The number of piperazine rings is 1. The second kappa shape index (κ2) is 7.46. The van der Waals surface area contributed by atoms with Crippen LogP contribution < -0.4 is 5.32 Å². The average Bonchev–Trinajstić information content (AvgIpc) is 2.60. The molecule has 1 aromatic rings. The first-order valence-electron chi connectivity index (χ1n) is 8.59. The maximum Gasteiger partial charge on any atom is 0.277 e. The smallest absolute Gasteiger partial charge is 0.277 e. The van der Waals surface area contributed by atoms with Gasteiger partial charge in [-0.2, -0.15) is 0 Å². The summed E-state index contributed by atoms with van der Waals surface area (Å²) in [7, 11) is 0. The van der Waals surface area contributed by atoms with Gasteiger partial charge in [-0.1, -0.05) is 0 Å². The van der Waals surface area contributed by atoms with Gasteiger partial charge in [0, 0.05) is 51.5 Å². The summed E-state index contributed by atoms with van der Waals surface area (Å²) in [6.07, 6.45) is 1.72. The molecule has 0 spiro atoms. The highest BCUT2D eigenvalue weighted by atomic mass is 16.6. The number of phenolic OH excluding ortho intramolecular Hbond substituents is 1. The Bertz CT molecular complexity index is 578. The van der Waals surface area contributed by atoms with Crippen LogP contribution in [0.1, 0.15) is 30.0 Å². The summed E-state index contributed by atoms with van der Waals surface area (Å²) in [4.78, 5) is 13.5. The second-order valence-electron chi connectivity index (χ2n) is 6.60. The van der Waals surface area contributed by atoms with Crippen molar-refractivity contribution in [2.24, 2.45) is 5.92 Å². The van der Waals surface area contributed by atoms with E-state index in [9.17, 15) is 15.2 Å². The summed E-state index contributed by atoms with van der Waals surface area (Å²) >= 11 is 0. The highest BCUT2D eigenvalue weighted by Crippen LogP contribution is 2.44. The fourth-order valence-corrected chi connectivity index (χ4v) is 3.87. The van der Waals surface area contributed by atoms with Crippen molar-refractivity contribution in [3.8, 4) is 5.75 Å². The van der Waals surface area contributed by atoms with E-state index in [-0.39, 0.29) is 28.3 Å². The Labute approximate surface area is 141 Å². The molecule has 2 aliphatic rings. The van der Waals surface area contributed by atoms with Gasteiger partial charge in [-0.25, -0.2) is 0 Å². The van der Waals surface area contributed by atoms with Crippen LogP contribution in [-0.2, 0) is 4.74 Å². The molecular formula is C17H25N3O4. The molecule has 2 heterocycles. The van der Waals surface area contributed by atoms with Crippen LogP contribution in [0.4, 0.5) is 5.69 Å². The van der Waals surface area contributed by atoms with Crippen molar-refractivity contribution in [3.05, 3.63) is 33.4 Å². The van der Waals surface area contributed by atoms with Crippen molar-refractivity contribution >= 4 is 5.69 Å². The summed E-state index contributed by atoms with van der Waals surface area (Å²) < 4.78 is 5.48. The number of ether oxygens (including phenoxy) is 1. The third-order valence-corrected chi connectivity index (χ3v) is 5.15. The minimum Gasteiger partial charge on any atom is -0.507 e. The highest BCUT2D eigenvalue weighted by Gasteiger charge is 2.37. The predicted octanol–water partition coefficient (Wildman–Crippen LogP) is 1.98. The van der Waals surface area contributed by atoms with Crippen molar-refractivity contribution in [2.75, 3.05) is 39.4 Å². The lowest BCUT2D eigenvalue weighted by Gasteiger charge is -2.41. The number of nitrogens with zero attached hydrogens (tertiary/aromatic N) is 2. The monoisotopic (exact) mass is 335 g/mol. The molecule has 24 heavy (non-hydrogen) atoms. The van der Waals surface area contributed by atoms with Gasteiger partial charge in [-0.3, -0.25) is 15.0 Å². The number of aromatic hydroxyl groups is 1. The second-order valence-corrected chi connectivity index (χ2v) is 6.60. The van der Waals surface area contributed by atoms with Gasteiger partial charge in [0.2, 0.25) is 0 Å². The Morgan fingerprint density at radius 1 is 1.33 bits per heavy atom. The molecule has 3 rings (SSSR count). The number of phenols is 1. The van der Waals surface area contributed by atoms with Crippen molar-refractivity contribution in [1.82, 2.24) is 10.2 Å². The number of hydrogen-bond acceptors (Lipinski definition) is 6. The first-order chi connectivity index (χ1) is 11.6. The third kappa shape index (κ3) is 3.38. The van der Waals surface area contributed by atoms with E-state index < -0.39 is 0 Å². The first-order valence-corrected chi connectivity index (χ1v) is 8.59. The Kier molecular flexibility index (Phi) is 5.33. The molecule has 7 nitrogen and oxygen atoms in total. The van der Waals surface area contributed by atoms with Crippen LogP contribution >= 0.6 is 0 Å². The van der Waals surface area contributed by atoms with Gasteiger partial charge >= 0.3 is 0 Å². The lowest BCUT2D eigenvalue weighted by atomic mass is 9.83. The summed E-state index contributed by atoms with van der Waals surface area (Å²) in [5.74, 6) is 0.322. The van der Waals surface area contributed by atoms with E-state index in [2.05, 4.69) is 10.2 Å². The zero-order valence-corrected chi connectivity index (χ0v) is 14.0. The van der Waals surface area contributed by atoms with Crippen LogP contribution in [0, 0.1) is 23.0 Å². The Hall–Kier alpha value is -1.70. The normalized spacial score (nSPS) is 21.5. The fourth-order valence-electron chi connectivity index (χ4n) is 3.87. The molecule has 0 saturated carbocycles.